The molecule has 1 saturated heterocycles. The van der Waals surface area contributed by atoms with Gasteiger partial charge in [-0.05, 0) is 39.4 Å². The van der Waals surface area contributed by atoms with Gasteiger partial charge in [0.05, 0.1) is 0 Å². The number of likely N-dealkylation sites (tertiary alicyclic amines) is 1. The quantitative estimate of drug-likeness (QED) is 0.776. The summed E-state index contributed by atoms with van der Waals surface area (Å²) in [6.45, 7) is 3.26. The Kier molecular flexibility index (Phi) is 3.56. The third-order valence-electron chi connectivity index (χ3n) is 3.19. The summed E-state index contributed by atoms with van der Waals surface area (Å²) in [6.07, 6.45) is -2.52. The highest BCUT2D eigenvalue weighted by atomic mass is 19.4. The molecule has 1 atom stereocenters. The summed E-state index contributed by atoms with van der Waals surface area (Å²) in [4.78, 5) is 9.76. The van der Waals surface area contributed by atoms with E-state index in [1.807, 2.05) is 7.05 Å². The minimum atomic E-state index is -4.40. The average Bonchev–Trinajstić information content (AvgIpc) is 2.27. The minimum Gasteiger partial charge on any atom is -0.306 e. The first-order valence-electron chi connectivity index (χ1n) is 5.97. The normalized spacial score (nSPS) is 22.2. The van der Waals surface area contributed by atoms with E-state index < -0.39 is 11.9 Å². The lowest BCUT2D eigenvalue weighted by Gasteiger charge is -2.29. The lowest BCUT2D eigenvalue weighted by atomic mass is 9.94. The van der Waals surface area contributed by atoms with Crippen LogP contribution in [0.3, 0.4) is 0 Å². The molecule has 2 heterocycles. The first-order valence-corrected chi connectivity index (χ1v) is 5.97. The van der Waals surface area contributed by atoms with Gasteiger partial charge in [-0.15, -0.1) is 0 Å². The van der Waals surface area contributed by atoms with Gasteiger partial charge in [0, 0.05) is 18.2 Å². The number of nitrogens with zero attached hydrogens (tertiary/aromatic N) is 3. The molecule has 1 aromatic heterocycles. The Hall–Kier alpha value is -1.17. The monoisotopic (exact) mass is 259 g/mol. The second-order valence-electron chi connectivity index (χ2n) is 4.82. The fraction of sp³-hybridized carbons (Fsp3) is 0.667. The highest BCUT2D eigenvalue weighted by molar-refractivity contribution is 5.18. The highest BCUT2D eigenvalue weighted by Crippen LogP contribution is 2.31. The van der Waals surface area contributed by atoms with E-state index in [0.717, 1.165) is 32.0 Å². The molecule has 3 nitrogen and oxygen atoms in total. The fourth-order valence-corrected chi connectivity index (χ4v) is 2.35. The zero-order valence-electron chi connectivity index (χ0n) is 10.5. The molecule has 1 aliphatic heterocycles. The summed E-state index contributed by atoms with van der Waals surface area (Å²) in [6, 6.07) is 1.09. The number of hydrogen-bond donors (Lipinski definition) is 0. The Labute approximate surface area is 104 Å². The van der Waals surface area contributed by atoms with Gasteiger partial charge in [0.15, 0.2) is 0 Å². The molecule has 18 heavy (non-hydrogen) atoms. The van der Waals surface area contributed by atoms with Gasteiger partial charge in [-0.3, -0.25) is 0 Å². The van der Waals surface area contributed by atoms with Crippen molar-refractivity contribution in [3.05, 3.63) is 23.3 Å². The summed E-state index contributed by atoms with van der Waals surface area (Å²) in [5, 5.41) is 0. The van der Waals surface area contributed by atoms with Gasteiger partial charge in [-0.25, -0.2) is 9.97 Å². The Balaban J connectivity index is 2.30. The van der Waals surface area contributed by atoms with Crippen LogP contribution in [0.15, 0.2) is 6.07 Å². The maximum atomic E-state index is 12.7. The number of aromatic nitrogens is 2. The number of rotatable bonds is 1. The number of hydrogen-bond acceptors (Lipinski definition) is 3. The molecule has 1 aromatic rings. The second kappa shape index (κ2) is 4.84. The van der Waals surface area contributed by atoms with Crippen molar-refractivity contribution in [1.29, 1.82) is 0 Å². The van der Waals surface area contributed by atoms with Gasteiger partial charge in [-0.1, -0.05) is 0 Å². The Morgan fingerprint density at radius 3 is 2.67 bits per heavy atom. The van der Waals surface area contributed by atoms with Crippen molar-refractivity contribution in [2.24, 2.45) is 0 Å². The summed E-state index contributed by atoms with van der Waals surface area (Å²) in [5.74, 6) is 0.264. The molecule has 100 valence electrons. The first-order chi connectivity index (χ1) is 8.36. The molecule has 0 aromatic carbocycles. The van der Waals surface area contributed by atoms with E-state index in [9.17, 15) is 13.2 Å². The molecule has 0 unspecified atom stereocenters. The van der Waals surface area contributed by atoms with E-state index >= 15 is 0 Å². The van der Waals surface area contributed by atoms with Crippen LogP contribution in [0.4, 0.5) is 13.2 Å². The van der Waals surface area contributed by atoms with Gasteiger partial charge < -0.3 is 4.90 Å². The molecule has 0 spiro atoms. The van der Waals surface area contributed by atoms with E-state index in [4.69, 9.17) is 0 Å². The van der Waals surface area contributed by atoms with Crippen molar-refractivity contribution in [1.82, 2.24) is 14.9 Å². The van der Waals surface area contributed by atoms with Crippen LogP contribution in [-0.2, 0) is 6.18 Å². The second-order valence-corrected chi connectivity index (χ2v) is 4.82. The third-order valence-corrected chi connectivity index (χ3v) is 3.19. The van der Waals surface area contributed by atoms with Gasteiger partial charge >= 0.3 is 6.18 Å². The summed E-state index contributed by atoms with van der Waals surface area (Å²) >= 11 is 0. The number of alkyl halides is 3. The van der Waals surface area contributed by atoms with Crippen LogP contribution >= 0.6 is 0 Å². The van der Waals surface area contributed by atoms with Crippen molar-refractivity contribution in [3.8, 4) is 0 Å². The van der Waals surface area contributed by atoms with Gasteiger partial charge in [0.1, 0.15) is 11.5 Å². The molecule has 0 radical (unpaired) electrons. The SMILES string of the molecule is Cc1nc([C@H]2CCCN(C)C2)cc(C(F)(F)F)n1. The van der Waals surface area contributed by atoms with Crippen LogP contribution < -0.4 is 0 Å². The molecular weight excluding hydrogens is 243 g/mol. The molecule has 2 rings (SSSR count). The molecule has 0 saturated carbocycles. The summed E-state index contributed by atoms with van der Waals surface area (Å²) in [5.41, 5.74) is -0.320. The summed E-state index contributed by atoms with van der Waals surface area (Å²) < 4.78 is 38.1. The van der Waals surface area contributed by atoms with Crippen LogP contribution in [0.25, 0.3) is 0 Å². The van der Waals surface area contributed by atoms with Crippen LogP contribution in [0.2, 0.25) is 0 Å². The molecular formula is C12H16F3N3. The number of halogens is 3. The van der Waals surface area contributed by atoms with E-state index in [-0.39, 0.29) is 11.7 Å². The molecule has 0 aliphatic carbocycles. The lowest BCUT2D eigenvalue weighted by Crippen LogP contribution is -2.31. The molecule has 1 fully saturated rings. The topological polar surface area (TPSA) is 29.0 Å². The largest absolute Gasteiger partial charge is 0.433 e. The van der Waals surface area contributed by atoms with Crippen LogP contribution in [0.5, 0.6) is 0 Å². The predicted molar refractivity (Wildman–Crippen MR) is 61.2 cm³/mol. The van der Waals surface area contributed by atoms with Crippen molar-refractivity contribution in [2.75, 3.05) is 20.1 Å². The van der Waals surface area contributed by atoms with Crippen LogP contribution in [-0.4, -0.2) is 35.0 Å². The van der Waals surface area contributed by atoms with E-state index in [2.05, 4.69) is 14.9 Å². The van der Waals surface area contributed by atoms with Crippen LogP contribution in [0, 0.1) is 6.92 Å². The summed E-state index contributed by atoms with van der Waals surface area (Å²) in [7, 11) is 1.98. The molecule has 1 aliphatic rings. The van der Waals surface area contributed by atoms with Crippen molar-refractivity contribution >= 4 is 0 Å². The smallest absolute Gasteiger partial charge is 0.306 e. The fourth-order valence-electron chi connectivity index (χ4n) is 2.35. The Morgan fingerprint density at radius 1 is 1.33 bits per heavy atom. The maximum Gasteiger partial charge on any atom is 0.433 e. The predicted octanol–water partition coefficient (Wildman–Crippen LogP) is 2.61. The zero-order chi connectivity index (χ0) is 13.3. The standard InChI is InChI=1S/C12H16F3N3/c1-8-16-10(6-11(17-8)12(13,14)15)9-4-3-5-18(2)7-9/h6,9H,3-5,7H2,1-2H3/t9-/m0/s1. The van der Waals surface area contributed by atoms with E-state index in [0.29, 0.717) is 5.69 Å². The van der Waals surface area contributed by atoms with Crippen molar-refractivity contribution in [3.63, 3.8) is 0 Å². The zero-order valence-corrected chi connectivity index (χ0v) is 10.5. The van der Waals surface area contributed by atoms with Crippen molar-refractivity contribution < 1.29 is 13.2 Å². The number of likely N-dealkylation sites (N-methyl/N-ethyl adjacent to an activating group) is 1. The average molecular weight is 259 g/mol. The molecule has 0 N–H and O–H groups in total. The first kappa shape index (κ1) is 13.3. The maximum absolute atomic E-state index is 12.7. The third kappa shape index (κ3) is 2.98. The molecule has 0 amide bonds. The minimum absolute atomic E-state index is 0.0755. The number of piperidine rings is 1. The van der Waals surface area contributed by atoms with E-state index in [1.165, 1.54) is 6.92 Å². The molecule has 0 bridgehead atoms. The highest BCUT2D eigenvalue weighted by Gasteiger charge is 2.34. The lowest BCUT2D eigenvalue weighted by molar-refractivity contribution is -0.141. The van der Waals surface area contributed by atoms with Crippen LogP contribution in [0.1, 0.15) is 36.0 Å². The Morgan fingerprint density at radius 2 is 2.06 bits per heavy atom. The molecule has 6 heteroatoms. The van der Waals surface area contributed by atoms with Gasteiger partial charge in [-0.2, -0.15) is 13.2 Å². The van der Waals surface area contributed by atoms with E-state index in [1.54, 1.807) is 0 Å². The van der Waals surface area contributed by atoms with Crippen molar-refractivity contribution in [2.45, 2.75) is 31.9 Å². The van der Waals surface area contributed by atoms with Gasteiger partial charge in [0.2, 0.25) is 0 Å². The van der Waals surface area contributed by atoms with Gasteiger partial charge in [0.25, 0.3) is 0 Å². The number of aryl methyl sites for hydroxylation is 1. The Bertz CT molecular complexity index is 431.